The average molecular weight is 677 g/mol. The van der Waals surface area contributed by atoms with E-state index in [9.17, 15) is 0 Å². The lowest BCUT2D eigenvalue weighted by Crippen LogP contribution is -1.97. The molecule has 0 saturated heterocycles. The summed E-state index contributed by atoms with van der Waals surface area (Å²) in [5.41, 5.74) is 13.2. The van der Waals surface area contributed by atoms with Crippen molar-refractivity contribution in [1.29, 1.82) is 0 Å². The molecule has 248 valence electrons. The quantitative estimate of drug-likeness (QED) is 0.177. The van der Waals surface area contributed by atoms with Crippen molar-refractivity contribution < 1.29 is 0 Å². The van der Waals surface area contributed by atoms with E-state index in [1.165, 1.54) is 92.9 Å². The molecule has 53 heavy (non-hydrogen) atoms. The third kappa shape index (κ3) is 3.84. The molecule has 4 heteroatoms. The number of rotatable bonds is 3. The van der Waals surface area contributed by atoms with Crippen LogP contribution in [0.15, 0.2) is 176 Å². The van der Waals surface area contributed by atoms with Crippen molar-refractivity contribution in [1.82, 2.24) is 18.3 Å². The molecule has 4 aromatic heterocycles. The highest BCUT2D eigenvalue weighted by Crippen LogP contribution is 2.40. The number of hydrogen-bond donors (Lipinski definition) is 0. The first-order valence-electron chi connectivity index (χ1n) is 18.3. The number of aromatic nitrogens is 4. The van der Waals surface area contributed by atoms with Gasteiger partial charge in [-0.3, -0.25) is 0 Å². The molecule has 0 atom stereocenters. The second-order valence-electron chi connectivity index (χ2n) is 14.3. The molecule has 12 aromatic rings. The zero-order valence-electron chi connectivity index (χ0n) is 29.0. The van der Waals surface area contributed by atoms with E-state index in [1.54, 1.807) is 0 Å². The number of fused-ring (bicyclic) bond motifs is 12. The predicted octanol–water partition coefficient (Wildman–Crippen LogP) is 12.6. The summed E-state index contributed by atoms with van der Waals surface area (Å²) in [6.45, 7) is 0. The Morgan fingerprint density at radius 3 is 1.00 bits per heavy atom. The average Bonchev–Trinajstić information content (AvgIpc) is 3.92. The van der Waals surface area contributed by atoms with Crippen molar-refractivity contribution >= 4 is 87.2 Å². The van der Waals surface area contributed by atoms with Crippen LogP contribution in [0.4, 0.5) is 0 Å². The van der Waals surface area contributed by atoms with Crippen LogP contribution in [0.5, 0.6) is 0 Å². The van der Waals surface area contributed by atoms with E-state index in [-0.39, 0.29) is 0 Å². The second kappa shape index (κ2) is 10.5. The normalized spacial score (nSPS) is 12.2. The first kappa shape index (κ1) is 28.6. The van der Waals surface area contributed by atoms with Crippen molar-refractivity contribution in [2.75, 3.05) is 0 Å². The summed E-state index contributed by atoms with van der Waals surface area (Å²) in [7, 11) is 2.17. The molecule has 0 aliphatic rings. The zero-order chi connectivity index (χ0) is 34.8. The van der Waals surface area contributed by atoms with E-state index < -0.39 is 0 Å². The molecular weight excluding hydrogens is 645 g/mol. The molecule has 0 aliphatic heterocycles. The highest BCUT2D eigenvalue weighted by Gasteiger charge is 2.19. The van der Waals surface area contributed by atoms with Gasteiger partial charge in [0.1, 0.15) is 0 Å². The van der Waals surface area contributed by atoms with E-state index in [4.69, 9.17) is 0 Å². The van der Waals surface area contributed by atoms with E-state index >= 15 is 0 Å². The van der Waals surface area contributed by atoms with Gasteiger partial charge in [-0.2, -0.15) is 0 Å². The van der Waals surface area contributed by atoms with Gasteiger partial charge in [-0.15, -0.1) is 0 Å². The summed E-state index contributed by atoms with van der Waals surface area (Å²) in [5.74, 6) is 0. The van der Waals surface area contributed by atoms with Crippen LogP contribution < -0.4 is 0 Å². The van der Waals surface area contributed by atoms with Crippen LogP contribution in [0.3, 0.4) is 0 Å². The lowest BCUT2D eigenvalue weighted by atomic mass is 10.1. The predicted molar refractivity (Wildman–Crippen MR) is 223 cm³/mol. The summed E-state index contributed by atoms with van der Waals surface area (Å²) in [6.07, 6.45) is 0. The topological polar surface area (TPSA) is 19.7 Å². The third-order valence-electron chi connectivity index (χ3n) is 11.6. The van der Waals surface area contributed by atoms with Crippen molar-refractivity contribution in [3.05, 3.63) is 176 Å². The molecule has 4 nitrogen and oxygen atoms in total. The zero-order valence-corrected chi connectivity index (χ0v) is 29.0. The lowest BCUT2D eigenvalue weighted by molar-refractivity contribution is 1.01. The molecular formula is C49H32N4. The van der Waals surface area contributed by atoms with Crippen LogP contribution in [-0.4, -0.2) is 18.3 Å². The van der Waals surface area contributed by atoms with Gasteiger partial charge in [-0.1, -0.05) is 97.1 Å². The maximum atomic E-state index is 2.44. The van der Waals surface area contributed by atoms with Gasteiger partial charge in [-0.25, -0.2) is 0 Å². The standard InChI is InChI=1S/C49H32N4/c1-50-42-17-7-2-12-34(42)39-25-22-33(30-49(39)50)53-46-21-11-6-16-38(46)41-29-32(24-27-48(41)53)52-45-20-10-5-15-37(45)40-28-31(23-26-47(40)52)51-43-18-8-3-13-35(43)36-14-4-9-19-44(36)51/h2-30H,1H3. The van der Waals surface area contributed by atoms with E-state index in [0.29, 0.717) is 0 Å². The largest absolute Gasteiger partial charge is 0.344 e. The highest BCUT2D eigenvalue weighted by molar-refractivity contribution is 6.14. The number of benzene rings is 8. The molecule has 0 aliphatic carbocycles. The van der Waals surface area contributed by atoms with Crippen molar-refractivity contribution in [2.45, 2.75) is 0 Å². The summed E-state index contributed by atoms with van der Waals surface area (Å²) in [4.78, 5) is 0. The van der Waals surface area contributed by atoms with Gasteiger partial charge < -0.3 is 18.3 Å². The molecule has 0 bridgehead atoms. The smallest absolute Gasteiger partial charge is 0.0542 e. The first-order valence-corrected chi connectivity index (χ1v) is 18.3. The molecule has 0 unspecified atom stereocenters. The molecule has 0 N–H and O–H groups in total. The number of para-hydroxylation sites is 5. The monoisotopic (exact) mass is 676 g/mol. The molecule has 0 saturated carbocycles. The summed E-state index contributed by atoms with van der Waals surface area (Å²) >= 11 is 0. The van der Waals surface area contributed by atoms with Gasteiger partial charge in [-0.05, 0) is 78.9 Å². The van der Waals surface area contributed by atoms with Crippen molar-refractivity contribution in [3.8, 4) is 17.1 Å². The Morgan fingerprint density at radius 1 is 0.245 bits per heavy atom. The maximum Gasteiger partial charge on any atom is 0.0542 e. The Hall–Kier alpha value is -7.04. The minimum atomic E-state index is 1.15. The molecule has 0 spiro atoms. The Balaban J connectivity index is 1.08. The number of nitrogens with zero attached hydrogens (tertiary/aromatic N) is 4. The van der Waals surface area contributed by atoms with Gasteiger partial charge in [0.05, 0.1) is 38.6 Å². The molecule has 12 rings (SSSR count). The fraction of sp³-hybridized carbons (Fsp3) is 0.0204. The van der Waals surface area contributed by atoms with Crippen LogP contribution >= 0.6 is 0 Å². The molecule has 8 aromatic carbocycles. The van der Waals surface area contributed by atoms with E-state index in [2.05, 4.69) is 201 Å². The highest BCUT2D eigenvalue weighted by atomic mass is 15.0. The summed E-state index contributed by atoms with van der Waals surface area (Å²) in [6, 6.07) is 64.6. The third-order valence-corrected chi connectivity index (χ3v) is 11.6. The van der Waals surface area contributed by atoms with E-state index in [0.717, 1.165) is 11.4 Å². The fourth-order valence-corrected chi connectivity index (χ4v) is 9.25. The van der Waals surface area contributed by atoms with Gasteiger partial charge in [0, 0.05) is 72.7 Å². The maximum absolute atomic E-state index is 2.44. The fourth-order valence-electron chi connectivity index (χ4n) is 9.25. The second-order valence-corrected chi connectivity index (χ2v) is 14.3. The Morgan fingerprint density at radius 2 is 0.547 bits per heavy atom. The van der Waals surface area contributed by atoms with Crippen molar-refractivity contribution in [3.63, 3.8) is 0 Å². The van der Waals surface area contributed by atoms with Gasteiger partial charge >= 0.3 is 0 Å². The van der Waals surface area contributed by atoms with Crippen LogP contribution in [-0.2, 0) is 7.05 Å². The van der Waals surface area contributed by atoms with Crippen molar-refractivity contribution in [2.24, 2.45) is 7.05 Å². The van der Waals surface area contributed by atoms with Crippen LogP contribution in [0.2, 0.25) is 0 Å². The summed E-state index contributed by atoms with van der Waals surface area (Å²) < 4.78 is 9.59. The van der Waals surface area contributed by atoms with Crippen LogP contribution in [0.1, 0.15) is 0 Å². The first-order chi connectivity index (χ1) is 26.2. The lowest BCUT2D eigenvalue weighted by Gasteiger charge is -2.12. The minimum Gasteiger partial charge on any atom is -0.344 e. The molecule has 0 amide bonds. The number of aryl methyl sites for hydroxylation is 1. The Labute approximate surface area is 304 Å². The van der Waals surface area contributed by atoms with Crippen LogP contribution in [0.25, 0.3) is 104 Å². The summed E-state index contributed by atoms with van der Waals surface area (Å²) in [5, 5.41) is 10.1. The SMILES string of the molecule is Cn1c2ccccc2c2ccc(-n3c4ccccc4c4cc(-n5c6ccccc6c6cc(-n7c8ccccc8c8ccccc87)ccc65)ccc43)cc21. The van der Waals surface area contributed by atoms with Gasteiger partial charge in [0.25, 0.3) is 0 Å². The molecule has 0 radical (unpaired) electrons. The molecule has 0 fully saturated rings. The molecule has 4 heterocycles. The Bertz CT molecular complexity index is 3420. The minimum absolute atomic E-state index is 1.15. The Kier molecular flexibility index (Phi) is 5.67. The number of hydrogen-bond acceptors (Lipinski definition) is 0. The van der Waals surface area contributed by atoms with Gasteiger partial charge in [0.15, 0.2) is 0 Å². The van der Waals surface area contributed by atoms with E-state index in [1.807, 2.05) is 0 Å². The van der Waals surface area contributed by atoms with Gasteiger partial charge in [0.2, 0.25) is 0 Å². The van der Waals surface area contributed by atoms with Crippen LogP contribution in [0, 0.1) is 0 Å².